The summed E-state index contributed by atoms with van der Waals surface area (Å²) in [6.45, 7) is 0. The maximum Gasteiger partial charge on any atom is 0.163 e. The first kappa shape index (κ1) is 9.42. The number of nitrogens with two attached hydrogens (primary N) is 2. The molecule has 0 atom stereocenters. The third kappa shape index (κ3) is 2.03. The van der Waals surface area contributed by atoms with Gasteiger partial charge in [0.1, 0.15) is 11.6 Å². The SMILES string of the molecule is NNc1cc(N)nc(-c2ccccc2)n1. The van der Waals surface area contributed by atoms with E-state index in [0.717, 1.165) is 5.56 Å². The molecule has 2 rings (SSSR count). The largest absolute Gasteiger partial charge is 0.384 e. The maximum absolute atomic E-state index is 5.63. The second kappa shape index (κ2) is 3.93. The molecular weight excluding hydrogens is 190 g/mol. The first-order chi connectivity index (χ1) is 7.29. The number of nitrogens with one attached hydrogen (secondary N) is 1. The van der Waals surface area contributed by atoms with E-state index in [1.165, 1.54) is 0 Å². The lowest BCUT2D eigenvalue weighted by Crippen LogP contribution is -2.10. The highest BCUT2D eigenvalue weighted by Gasteiger charge is 2.03. The Balaban J connectivity index is 2.49. The predicted molar refractivity (Wildman–Crippen MR) is 59.7 cm³/mol. The van der Waals surface area contributed by atoms with Gasteiger partial charge >= 0.3 is 0 Å². The average Bonchev–Trinajstić information content (AvgIpc) is 2.29. The van der Waals surface area contributed by atoms with Crippen molar-refractivity contribution in [2.75, 3.05) is 11.2 Å². The number of hydrogen-bond acceptors (Lipinski definition) is 5. The fraction of sp³-hybridized carbons (Fsp3) is 0. The lowest BCUT2D eigenvalue weighted by atomic mass is 10.2. The maximum atomic E-state index is 5.63. The zero-order chi connectivity index (χ0) is 10.7. The molecule has 0 amide bonds. The number of nitrogens with zero attached hydrogens (tertiary/aromatic N) is 2. The van der Waals surface area contributed by atoms with E-state index < -0.39 is 0 Å². The molecule has 1 aromatic carbocycles. The highest BCUT2D eigenvalue weighted by molar-refractivity contribution is 5.59. The number of rotatable bonds is 2. The second-order valence-corrected chi connectivity index (χ2v) is 3.01. The highest BCUT2D eigenvalue weighted by atomic mass is 15.3. The number of nitrogen functional groups attached to an aromatic ring is 2. The van der Waals surface area contributed by atoms with Crippen molar-refractivity contribution < 1.29 is 0 Å². The third-order valence-corrected chi connectivity index (χ3v) is 1.93. The zero-order valence-corrected chi connectivity index (χ0v) is 8.01. The monoisotopic (exact) mass is 201 g/mol. The number of hydrazine groups is 1. The van der Waals surface area contributed by atoms with Gasteiger partial charge in [0.15, 0.2) is 5.82 Å². The van der Waals surface area contributed by atoms with Gasteiger partial charge in [0.2, 0.25) is 0 Å². The van der Waals surface area contributed by atoms with Crippen LogP contribution in [0.4, 0.5) is 11.6 Å². The molecule has 76 valence electrons. The van der Waals surface area contributed by atoms with E-state index in [1.54, 1.807) is 6.07 Å². The first-order valence-corrected chi connectivity index (χ1v) is 4.46. The Bertz CT molecular complexity index is 455. The molecule has 0 saturated carbocycles. The van der Waals surface area contributed by atoms with Crippen LogP contribution in [0.2, 0.25) is 0 Å². The smallest absolute Gasteiger partial charge is 0.163 e. The van der Waals surface area contributed by atoms with Crippen molar-refractivity contribution in [1.82, 2.24) is 9.97 Å². The van der Waals surface area contributed by atoms with E-state index in [-0.39, 0.29) is 0 Å². The molecule has 0 saturated heterocycles. The molecule has 0 aliphatic rings. The molecule has 0 aliphatic carbocycles. The van der Waals surface area contributed by atoms with E-state index in [2.05, 4.69) is 15.4 Å². The Labute approximate surface area is 87.1 Å². The summed E-state index contributed by atoms with van der Waals surface area (Å²) < 4.78 is 0. The fourth-order valence-corrected chi connectivity index (χ4v) is 1.26. The van der Waals surface area contributed by atoms with Gasteiger partial charge in [-0.1, -0.05) is 30.3 Å². The summed E-state index contributed by atoms with van der Waals surface area (Å²) in [5.74, 6) is 6.72. The lowest BCUT2D eigenvalue weighted by Gasteiger charge is -2.04. The number of hydrogen-bond donors (Lipinski definition) is 3. The fourth-order valence-electron chi connectivity index (χ4n) is 1.26. The van der Waals surface area contributed by atoms with Crippen LogP contribution in [-0.4, -0.2) is 9.97 Å². The summed E-state index contributed by atoms with van der Waals surface area (Å²) in [6.07, 6.45) is 0. The number of aromatic nitrogens is 2. The van der Waals surface area contributed by atoms with Crippen molar-refractivity contribution in [3.8, 4) is 11.4 Å². The molecule has 15 heavy (non-hydrogen) atoms. The van der Waals surface area contributed by atoms with Crippen molar-refractivity contribution in [1.29, 1.82) is 0 Å². The first-order valence-electron chi connectivity index (χ1n) is 4.46. The van der Waals surface area contributed by atoms with Crippen molar-refractivity contribution in [2.24, 2.45) is 5.84 Å². The molecule has 2 aromatic rings. The van der Waals surface area contributed by atoms with Crippen LogP contribution in [0.3, 0.4) is 0 Å². The molecule has 0 fully saturated rings. The lowest BCUT2D eigenvalue weighted by molar-refractivity contribution is 1.15. The van der Waals surface area contributed by atoms with Crippen LogP contribution in [0, 0.1) is 0 Å². The predicted octanol–water partition coefficient (Wildman–Crippen LogP) is 1.01. The molecule has 0 aliphatic heterocycles. The topological polar surface area (TPSA) is 89.8 Å². The second-order valence-electron chi connectivity index (χ2n) is 3.01. The Morgan fingerprint density at radius 3 is 2.47 bits per heavy atom. The van der Waals surface area contributed by atoms with E-state index in [9.17, 15) is 0 Å². The Kier molecular flexibility index (Phi) is 2.47. The summed E-state index contributed by atoms with van der Waals surface area (Å²) in [7, 11) is 0. The Morgan fingerprint density at radius 2 is 1.80 bits per heavy atom. The molecule has 5 N–H and O–H groups in total. The van der Waals surface area contributed by atoms with Crippen molar-refractivity contribution in [3.63, 3.8) is 0 Å². The molecule has 5 nitrogen and oxygen atoms in total. The average molecular weight is 201 g/mol. The van der Waals surface area contributed by atoms with Crippen molar-refractivity contribution in [3.05, 3.63) is 36.4 Å². The van der Waals surface area contributed by atoms with Gasteiger partial charge in [-0.15, -0.1) is 0 Å². The molecular formula is C10H11N5. The third-order valence-electron chi connectivity index (χ3n) is 1.93. The van der Waals surface area contributed by atoms with E-state index in [0.29, 0.717) is 17.5 Å². The molecule has 5 heteroatoms. The van der Waals surface area contributed by atoms with Crippen LogP contribution in [0.1, 0.15) is 0 Å². The van der Waals surface area contributed by atoms with E-state index >= 15 is 0 Å². The summed E-state index contributed by atoms with van der Waals surface area (Å²) >= 11 is 0. The van der Waals surface area contributed by atoms with Gasteiger partial charge < -0.3 is 11.2 Å². The van der Waals surface area contributed by atoms with Crippen molar-refractivity contribution in [2.45, 2.75) is 0 Å². The van der Waals surface area contributed by atoms with Gasteiger partial charge in [0.25, 0.3) is 0 Å². The van der Waals surface area contributed by atoms with Crippen molar-refractivity contribution >= 4 is 11.6 Å². The van der Waals surface area contributed by atoms with Gasteiger partial charge in [-0.05, 0) is 0 Å². The van der Waals surface area contributed by atoms with Crippen LogP contribution < -0.4 is 17.0 Å². The summed E-state index contributed by atoms with van der Waals surface area (Å²) in [6, 6.07) is 11.2. The van der Waals surface area contributed by atoms with Gasteiger partial charge in [-0.25, -0.2) is 15.8 Å². The van der Waals surface area contributed by atoms with Gasteiger partial charge in [-0.3, -0.25) is 0 Å². The number of benzene rings is 1. The minimum atomic E-state index is 0.386. The normalized spacial score (nSPS) is 9.93. The van der Waals surface area contributed by atoms with Crippen LogP contribution in [0.25, 0.3) is 11.4 Å². The molecule has 0 spiro atoms. The van der Waals surface area contributed by atoms with Crippen LogP contribution in [0.5, 0.6) is 0 Å². The molecule has 0 radical (unpaired) electrons. The van der Waals surface area contributed by atoms with E-state index in [1.807, 2.05) is 30.3 Å². The van der Waals surface area contributed by atoms with Gasteiger partial charge in [0.05, 0.1) is 0 Å². The molecule has 0 bridgehead atoms. The minimum absolute atomic E-state index is 0.386. The summed E-state index contributed by atoms with van der Waals surface area (Å²) in [4.78, 5) is 8.32. The molecule has 1 aromatic heterocycles. The van der Waals surface area contributed by atoms with Gasteiger partial charge in [0, 0.05) is 11.6 Å². The van der Waals surface area contributed by atoms with Crippen LogP contribution >= 0.6 is 0 Å². The van der Waals surface area contributed by atoms with Crippen LogP contribution in [-0.2, 0) is 0 Å². The molecule has 0 unspecified atom stereocenters. The van der Waals surface area contributed by atoms with E-state index in [4.69, 9.17) is 11.6 Å². The summed E-state index contributed by atoms with van der Waals surface area (Å²) in [5, 5.41) is 0. The van der Waals surface area contributed by atoms with Crippen LogP contribution in [0.15, 0.2) is 36.4 Å². The minimum Gasteiger partial charge on any atom is -0.384 e. The number of anilines is 2. The van der Waals surface area contributed by atoms with Gasteiger partial charge in [-0.2, -0.15) is 0 Å². The Morgan fingerprint density at radius 1 is 1.07 bits per heavy atom. The zero-order valence-electron chi connectivity index (χ0n) is 8.01. The quantitative estimate of drug-likeness (QED) is 0.498. The summed E-state index contributed by atoms with van der Waals surface area (Å²) in [5.41, 5.74) is 8.98. The Hall–Kier alpha value is -2.14. The molecule has 1 heterocycles. The highest BCUT2D eigenvalue weighted by Crippen LogP contribution is 2.17. The standard InChI is InChI=1S/C10H11N5/c11-8-6-9(15-12)14-10(13-8)7-4-2-1-3-5-7/h1-6H,12H2,(H3,11,13,14,15).